The van der Waals surface area contributed by atoms with Crippen molar-refractivity contribution in [2.75, 3.05) is 31.1 Å². The number of nitrogens with zero attached hydrogens (tertiary/aromatic N) is 2. The quantitative estimate of drug-likeness (QED) is 0.589. The first kappa shape index (κ1) is 24.2. The zero-order chi connectivity index (χ0) is 23.5. The lowest BCUT2D eigenvalue weighted by atomic mass is 9.96. The lowest BCUT2D eigenvalue weighted by Crippen LogP contribution is -2.47. The first-order valence-corrected chi connectivity index (χ1v) is 12.7. The lowest BCUT2D eigenvalue weighted by molar-refractivity contribution is -0.164. The monoisotopic (exact) mass is 468 g/mol. The summed E-state index contributed by atoms with van der Waals surface area (Å²) < 4.78 is 42.0. The van der Waals surface area contributed by atoms with Gasteiger partial charge in [0.05, 0.1) is 17.4 Å². The Labute approximate surface area is 187 Å². The largest absolute Gasteiger partial charge is 0.452 e. The molecule has 2 heterocycles. The summed E-state index contributed by atoms with van der Waals surface area (Å²) in [6, 6.07) is 4.94. The number of hydrogen-bond acceptors (Lipinski definition) is 6. The molecule has 0 bridgehead atoms. The number of benzene rings is 1. The van der Waals surface area contributed by atoms with Crippen LogP contribution < -0.4 is 0 Å². The van der Waals surface area contributed by atoms with Crippen molar-refractivity contribution in [1.29, 1.82) is 0 Å². The molecular weight excluding hydrogens is 439 g/mol. The molecule has 1 aromatic rings. The van der Waals surface area contributed by atoms with Crippen molar-refractivity contribution in [2.24, 2.45) is 5.92 Å². The number of ether oxygens (including phenoxy) is 1. The Balaban J connectivity index is 1.51. The first-order valence-electron chi connectivity index (χ1n) is 10.9. The van der Waals surface area contributed by atoms with E-state index in [4.69, 9.17) is 4.74 Å². The predicted octanol–water partition coefficient (Wildman–Crippen LogP) is 1.65. The van der Waals surface area contributed by atoms with Crippen molar-refractivity contribution in [2.45, 2.75) is 45.3 Å². The number of halogens is 1. The van der Waals surface area contributed by atoms with Crippen molar-refractivity contribution in [3.8, 4) is 0 Å². The number of rotatable bonds is 6. The van der Waals surface area contributed by atoms with Gasteiger partial charge in [0.1, 0.15) is 5.82 Å². The van der Waals surface area contributed by atoms with Crippen LogP contribution in [0.15, 0.2) is 24.3 Å². The van der Waals surface area contributed by atoms with Gasteiger partial charge >= 0.3 is 5.97 Å². The van der Waals surface area contributed by atoms with E-state index in [0.29, 0.717) is 44.5 Å². The van der Waals surface area contributed by atoms with Gasteiger partial charge in [0.2, 0.25) is 0 Å². The minimum absolute atomic E-state index is 0.0603. The molecule has 2 aliphatic rings. The number of piperidine rings is 1. The van der Waals surface area contributed by atoms with Gasteiger partial charge in [0.25, 0.3) is 11.8 Å². The van der Waals surface area contributed by atoms with Crippen molar-refractivity contribution < 1.29 is 31.9 Å². The molecule has 2 saturated heterocycles. The van der Waals surface area contributed by atoms with Gasteiger partial charge in [-0.3, -0.25) is 14.4 Å². The summed E-state index contributed by atoms with van der Waals surface area (Å²) >= 11 is 0. The van der Waals surface area contributed by atoms with E-state index in [0.717, 1.165) is 0 Å². The predicted molar refractivity (Wildman–Crippen MR) is 115 cm³/mol. The third-order valence-electron chi connectivity index (χ3n) is 6.12. The Kier molecular flexibility index (Phi) is 7.53. The molecule has 0 aromatic heterocycles. The Morgan fingerprint density at radius 3 is 2.31 bits per heavy atom. The van der Waals surface area contributed by atoms with Gasteiger partial charge in [-0.25, -0.2) is 12.8 Å². The second-order valence-electron chi connectivity index (χ2n) is 8.33. The minimum atomic E-state index is -3.14. The highest BCUT2D eigenvalue weighted by Crippen LogP contribution is 2.23. The van der Waals surface area contributed by atoms with E-state index >= 15 is 0 Å². The van der Waals surface area contributed by atoms with Gasteiger partial charge in [-0.1, -0.05) is 0 Å². The zero-order valence-electron chi connectivity index (χ0n) is 18.3. The molecule has 0 spiro atoms. The van der Waals surface area contributed by atoms with Gasteiger partial charge in [-0.05, 0) is 57.4 Å². The fraction of sp³-hybridized carbons (Fsp3) is 0.591. The molecule has 3 rings (SSSR count). The van der Waals surface area contributed by atoms with E-state index < -0.39 is 39.6 Å². The van der Waals surface area contributed by atoms with E-state index in [1.807, 2.05) is 0 Å². The van der Waals surface area contributed by atoms with Crippen molar-refractivity contribution >= 4 is 27.6 Å². The lowest BCUT2D eigenvalue weighted by Gasteiger charge is -2.32. The van der Waals surface area contributed by atoms with Crippen LogP contribution in [0.3, 0.4) is 0 Å². The third-order valence-corrected chi connectivity index (χ3v) is 7.87. The molecule has 0 N–H and O–H groups in total. The summed E-state index contributed by atoms with van der Waals surface area (Å²) in [5.74, 6) is -1.95. The average Bonchev–Trinajstić information content (AvgIpc) is 3.13. The van der Waals surface area contributed by atoms with Gasteiger partial charge in [-0.15, -0.1) is 0 Å². The molecule has 2 amide bonds. The molecule has 32 heavy (non-hydrogen) atoms. The molecule has 2 aliphatic heterocycles. The zero-order valence-corrected chi connectivity index (χ0v) is 19.1. The van der Waals surface area contributed by atoms with E-state index in [1.165, 1.54) is 36.1 Å². The van der Waals surface area contributed by atoms with Crippen LogP contribution in [0.25, 0.3) is 0 Å². The van der Waals surface area contributed by atoms with E-state index in [1.54, 1.807) is 11.8 Å². The molecule has 0 unspecified atom stereocenters. The number of sulfone groups is 1. The molecule has 10 heteroatoms. The van der Waals surface area contributed by atoms with Gasteiger partial charge in [0, 0.05) is 31.2 Å². The Morgan fingerprint density at radius 2 is 1.78 bits per heavy atom. The summed E-state index contributed by atoms with van der Waals surface area (Å²) in [7, 11) is -3.14. The normalized spacial score (nSPS) is 21.7. The maximum absolute atomic E-state index is 13.1. The average molecular weight is 469 g/mol. The SMILES string of the molecule is CCN(C(=O)[C@H](C)OC(=O)C1CCN(C(=O)c2ccc(F)cc2)CC1)[C@H]1CCS(=O)(=O)C1. The van der Waals surface area contributed by atoms with Crippen LogP contribution in [0.5, 0.6) is 0 Å². The molecule has 8 nitrogen and oxygen atoms in total. The smallest absolute Gasteiger partial charge is 0.309 e. The number of amides is 2. The molecule has 0 radical (unpaired) electrons. The Morgan fingerprint density at radius 1 is 1.16 bits per heavy atom. The second kappa shape index (κ2) is 9.97. The van der Waals surface area contributed by atoms with Crippen molar-refractivity contribution in [1.82, 2.24) is 9.80 Å². The molecule has 1 aromatic carbocycles. The number of likely N-dealkylation sites (N-methyl/N-ethyl adjacent to an activating group) is 1. The van der Waals surface area contributed by atoms with Crippen LogP contribution >= 0.6 is 0 Å². The topological polar surface area (TPSA) is 101 Å². The molecule has 2 fully saturated rings. The first-order chi connectivity index (χ1) is 15.1. The van der Waals surface area contributed by atoms with Crippen LogP contribution in [-0.2, 0) is 24.2 Å². The number of carbonyl (C=O) groups is 3. The molecule has 0 aliphatic carbocycles. The minimum Gasteiger partial charge on any atom is -0.452 e. The van der Waals surface area contributed by atoms with Gasteiger partial charge < -0.3 is 14.5 Å². The Hall–Kier alpha value is -2.49. The second-order valence-corrected chi connectivity index (χ2v) is 10.6. The summed E-state index contributed by atoms with van der Waals surface area (Å²) in [6.07, 6.45) is 0.198. The van der Waals surface area contributed by atoms with Crippen LogP contribution in [0.2, 0.25) is 0 Å². The molecule has 176 valence electrons. The summed E-state index contributed by atoms with van der Waals surface area (Å²) in [4.78, 5) is 41.0. The molecule has 2 atom stereocenters. The molecule has 0 saturated carbocycles. The number of hydrogen-bond donors (Lipinski definition) is 0. The van der Waals surface area contributed by atoms with E-state index in [9.17, 15) is 27.2 Å². The van der Waals surface area contributed by atoms with Gasteiger partial charge in [-0.2, -0.15) is 0 Å². The highest BCUT2D eigenvalue weighted by Gasteiger charge is 2.37. The highest BCUT2D eigenvalue weighted by atomic mass is 32.2. The third kappa shape index (κ3) is 5.65. The standard InChI is InChI=1S/C22H29FN2O6S/c1-3-25(19-10-13-32(29,30)14-19)20(26)15(2)31-22(28)17-8-11-24(12-9-17)21(27)16-4-6-18(23)7-5-16/h4-7,15,17,19H,3,8-14H2,1-2H3/t15-,19-/m0/s1. The number of esters is 1. The number of carbonyl (C=O) groups excluding carboxylic acids is 3. The van der Waals surface area contributed by atoms with E-state index in [-0.39, 0.29) is 23.5 Å². The fourth-order valence-corrected chi connectivity index (χ4v) is 5.99. The summed E-state index contributed by atoms with van der Waals surface area (Å²) in [6.45, 7) is 4.33. The summed E-state index contributed by atoms with van der Waals surface area (Å²) in [5.41, 5.74) is 0.389. The Bertz CT molecular complexity index is 957. The van der Waals surface area contributed by atoms with Crippen LogP contribution in [0.4, 0.5) is 4.39 Å². The van der Waals surface area contributed by atoms with E-state index in [2.05, 4.69) is 0 Å². The van der Waals surface area contributed by atoms with Crippen molar-refractivity contribution in [3.63, 3.8) is 0 Å². The van der Waals surface area contributed by atoms with Crippen LogP contribution in [0, 0.1) is 11.7 Å². The number of likely N-dealkylation sites (tertiary alicyclic amines) is 1. The van der Waals surface area contributed by atoms with Gasteiger partial charge in [0.15, 0.2) is 15.9 Å². The maximum atomic E-state index is 13.1. The highest BCUT2D eigenvalue weighted by molar-refractivity contribution is 7.91. The summed E-state index contributed by atoms with van der Waals surface area (Å²) in [5, 5.41) is 0. The van der Waals surface area contributed by atoms with Crippen molar-refractivity contribution in [3.05, 3.63) is 35.6 Å². The molecular formula is C22H29FN2O6S. The fourth-order valence-electron chi connectivity index (χ4n) is 4.26. The maximum Gasteiger partial charge on any atom is 0.309 e. The van der Waals surface area contributed by atoms with Crippen LogP contribution in [0.1, 0.15) is 43.5 Å². The van der Waals surface area contributed by atoms with Crippen LogP contribution in [-0.4, -0.2) is 79.3 Å².